The van der Waals surface area contributed by atoms with Crippen LogP contribution in [0.25, 0.3) is 0 Å². The molecule has 0 spiro atoms. The summed E-state index contributed by atoms with van der Waals surface area (Å²) in [5, 5.41) is 7.71. The van der Waals surface area contributed by atoms with E-state index < -0.39 is 0 Å². The molecule has 1 aromatic heterocycles. The van der Waals surface area contributed by atoms with Crippen molar-refractivity contribution in [3.05, 3.63) is 18.0 Å². The Morgan fingerprint density at radius 2 is 2.37 bits per heavy atom. The highest BCUT2D eigenvalue weighted by molar-refractivity contribution is 5.92. The minimum absolute atomic E-state index is 0.0305. The number of carbonyl (C=O) groups excluding carboxylic acids is 1. The van der Waals surface area contributed by atoms with E-state index >= 15 is 0 Å². The molecule has 0 saturated carbocycles. The predicted molar refractivity (Wildman–Crippen MR) is 75.0 cm³/mol. The monoisotopic (exact) mass is 264 g/mol. The van der Waals surface area contributed by atoms with Gasteiger partial charge in [-0.3, -0.25) is 9.48 Å². The van der Waals surface area contributed by atoms with E-state index in [-0.39, 0.29) is 11.9 Å². The van der Waals surface area contributed by atoms with Gasteiger partial charge in [-0.15, -0.1) is 0 Å². The van der Waals surface area contributed by atoms with Crippen molar-refractivity contribution in [1.82, 2.24) is 20.0 Å². The zero-order valence-electron chi connectivity index (χ0n) is 12.1. The van der Waals surface area contributed by atoms with Crippen LogP contribution in [-0.4, -0.2) is 45.8 Å². The van der Waals surface area contributed by atoms with Gasteiger partial charge in [0, 0.05) is 31.9 Å². The van der Waals surface area contributed by atoms with E-state index in [1.54, 1.807) is 10.7 Å². The second kappa shape index (κ2) is 6.19. The van der Waals surface area contributed by atoms with Crippen molar-refractivity contribution in [2.75, 3.05) is 13.1 Å². The van der Waals surface area contributed by atoms with E-state index in [2.05, 4.69) is 24.3 Å². The molecule has 1 aliphatic rings. The lowest BCUT2D eigenvalue weighted by atomic mass is 10.0. The molecule has 2 rings (SSSR count). The standard InChI is InChI=1S/C14H24N4O/c1-11(2)18(10-12-6-4-5-8-15-12)14(19)13-7-9-17(3)16-13/h7,9,11-12,15H,4-6,8,10H2,1-3H3. The van der Waals surface area contributed by atoms with Crippen LogP contribution in [-0.2, 0) is 7.05 Å². The number of nitrogens with one attached hydrogen (secondary N) is 1. The van der Waals surface area contributed by atoms with Crippen LogP contribution in [0.4, 0.5) is 0 Å². The fraction of sp³-hybridized carbons (Fsp3) is 0.714. The van der Waals surface area contributed by atoms with Gasteiger partial charge in [-0.1, -0.05) is 6.42 Å². The van der Waals surface area contributed by atoms with Gasteiger partial charge in [0.05, 0.1) is 0 Å². The fourth-order valence-corrected chi connectivity index (χ4v) is 2.52. The Morgan fingerprint density at radius 3 is 2.89 bits per heavy atom. The highest BCUT2D eigenvalue weighted by Gasteiger charge is 2.24. The Bertz CT molecular complexity index is 421. The summed E-state index contributed by atoms with van der Waals surface area (Å²) in [6.45, 7) is 5.95. The molecule has 0 bridgehead atoms. The number of hydrogen-bond acceptors (Lipinski definition) is 3. The predicted octanol–water partition coefficient (Wildman–Crippen LogP) is 1.41. The van der Waals surface area contributed by atoms with Gasteiger partial charge in [0.1, 0.15) is 5.69 Å². The summed E-state index contributed by atoms with van der Waals surface area (Å²) in [6, 6.07) is 2.40. The molecule has 106 valence electrons. The smallest absolute Gasteiger partial charge is 0.274 e. The van der Waals surface area contributed by atoms with Gasteiger partial charge in [-0.05, 0) is 39.3 Å². The molecule has 1 atom stereocenters. The van der Waals surface area contributed by atoms with Crippen molar-refractivity contribution in [3.8, 4) is 0 Å². The van der Waals surface area contributed by atoms with Crippen LogP contribution >= 0.6 is 0 Å². The average Bonchev–Trinajstić information content (AvgIpc) is 2.83. The number of aromatic nitrogens is 2. The summed E-state index contributed by atoms with van der Waals surface area (Å²) in [4.78, 5) is 14.4. The summed E-state index contributed by atoms with van der Waals surface area (Å²) in [5.74, 6) is 0.0305. The molecule has 5 heteroatoms. The highest BCUT2D eigenvalue weighted by Crippen LogP contribution is 2.13. The Kier molecular flexibility index (Phi) is 4.58. The molecule has 0 radical (unpaired) electrons. The van der Waals surface area contributed by atoms with Gasteiger partial charge >= 0.3 is 0 Å². The number of carbonyl (C=O) groups is 1. The Morgan fingerprint density at radius 1 is 1.58 bits per heavy atom. The molecule has 1 aliphatic heterocycles. The molecule has 1 fully saturated rings. The lowest BCUT2D eigenvalue weighted by Crippen LogP contribution is -2.48. The number of nitrogens with zero attached hydrogens (tertiary/aromatic N) is 3. The third kappa shape index (κ3) is 3.56. The first-order valence-electron chi connectivity index (χ1n) is 7.12. The van der Waals surface area contributed by atoms with Crippen LogP contribution in [0.2, 0.25) is 0 Å². The van der Waals surface area contributed by atoms with Crippen LogP contribution in [0.5, 0.6) is 0 Å². The molecule has 0 aliphatic carbocycles. The zero-order chi connectivity index (χ0) is 13.8. The minimum Gasteiger partial charge on any atom is -0.333 e. The topological polar surface area (TPSA) is 50.2 Å². The molecule has 1 aromatic rings. The van der Waals surface area contributed by atoms with Gasteiger partial charge in [-0.25, -0.2) is 0 Å². The maximum atomic E-state index is 12.5. The first kappa shape index (κ1) is 14.1. The van der Waals surface area contributed by atoms with E-state index in [0.29, 0.717) is 11.7 Å². The Balaban J connectivity index is 2.04. The van der Waals surface area contributed by atoms with E-state index in [0.717, 1.165) is 19.5 Å². The first-order chi connectivity index (χ1) is 9.08. The number of piperidine rings is 1. The molecule has 0 aromatic carbocycles. The molecule has 5 nitrogen and oxygen atoms in total. The molecular formula is C14H24N4O. The Labute approximate surface area is 115 Å². The van der Waals surface area contributed by atoms with Crippen LogP contribution in [0.1, 0.15) is 43.6 Å². The van der Waals surface area contributed by atoms with E-state index in [9.17, 15) is 4.79 Å². The van der Waals surface area contributed by atoms with Gasteiger partial charge < -0.3 is 10.2 Å². The largest absolute Gasteiger partial charge is 0.333 e. The molecule has 19 heavy (non-hydrogen) atoms. The van der Waals surface area contributed by atoms with Crippen LogP contribution in [0, 0.1) is 0 Å². The zero-order valence-corrected chi connectivity index (χ0v) is 12.1. The fourth-order valence-electron chi connectivity index (χ4n) is 2.52. The molecule has 1 amide bonds. The van der Waals surface area contributed by atoms with Crippen LogP contribution in [0.3, 0.4) is 0 Å². The lowest BCUT2D eigenvalue weighted by molar-refractivity contribution is 0.0670. The number of hydrogen-bond donors (Lipinski definition) is 1. The first-order valence-corrected chi connectivity index (χ1v) is 7.12. The average molecular weight is 264 g/mol. The van der Waals surface area contributed by atoms with Crippen molar-refractivity contribution in [1.29, 1.82) is 0 Å². The molecule has 2 heterocycles. The SMILES string of the molecule is CC(C)N(CC1CCCCN1)C(=O)c1ccn(C)n1. The molecule has 1 N–H and O–H groups in total. The van der Waals surface area contributed by atoms with Gasteiger partial charge in [-0.2, -0.15) is 5.10 Å². The van der Waals surface area contributed by atoms with E-state index in [1.165, 1.54) is 12.8 Å². The lowest BCUT2D eigenvalue weighted by Gasteiger charge is -2.32. The van der Waals surface area contributed by atoms with Gasteiger partial charge in [0.25, 0.3) is 5.91 Å². The molecular weight excluding hydrogens is 240 g/mol. The quantitative estimate of drug-likeness (QED) is 0.894. The summed E-state index contributed by atoms with van der Waals surface area (Å²) in [7, 11) is 1.83. The van der Waals surface area contributed by atoms with Crippen molar-refractivity contribution >= 4 is 5.91 Å². The van der Waals surface area contributed by atoms with Gasteiger partial charge in [0.15, 0.2) is 0 Å². The second-order valence-electron chi connectivity index (χ2n) is 5.57. The van der Waals surface area contributed by atoms with Crippen LogP contribution < -0.4 is 5.32 Å². The van der Waals surface area contributed by atoms with Crippen molar-refractivity contribution in [2.24, 2.45) is 7.05 Å². The second-order valence-corrected chi connectivity index (χ2v) is 5.57. The number of amides is 1. The summed E-state index contributed by atoms with van der Waals surface area (Å²) >= 11 is 0. The van der Waals surface area contributed by atoms with Crippen molar-refractivity contribution in [2.45, 2.75) is 45.2 Å². The summed E-state index contributed by atoms with van der Waals surface area (Å²) in [6.07, 6.45) is 5.46. The van der Waals surface area contributed by atoms with Crippen LogP contribution in [0.15, 0.2) is 12.3 Å². The normalized spacial score (nSPS) is 19.7. The molecule has 1 unspecified atom stereocenters. The van der Waals surface area contributed by atoms with E-state index in [1.807, 2.05) is 18.1 Å². The summed E-state index contributed by atoms with van der Waals surface area (Å²) < 4.78 is 1.67. The van der Waals surface area contributed by atoms with E-state index in [4.69, 9.17) is 0 Å². The summed E-state index contributed by atoms with van der Waals surface area (Å²) in [5.41, 5.74) is 0.534. The highest BCUT2D eigenvalue weighted by atomic mass is 16.2. The molecule has 1 saturated heterocycles. The number of rotatable bonds is 4. The maximum absolute atomic E-state index is 12.5. The minimum atomic E-state index is 0.0305. The maximum Gasteiger partial charge on any atom is 0.274 e. The van der Waals surface area contributed by atoms with Crippen molar-refractivity contribution in [3.63, 3.8) is 0 Å². The van der Waals surface area contributed by atoms with Crippen molar-refractivity contribution < 1.29 is 4.79 Å². The Hall–Kier alpha value is -1.36. The van der Waals surface area contributed by atoms with Gasteiger partial charge in [0.2, 0.25) is 0 Å². The number of aryl methyl sites for hydroxylation is 1. The third-order valence-electron chi connectivity index (χ3n) is 3.65. The third-order valence-corrected chi connectivity index (χ3v) is 3.65.